The van der Waals surface area contributed by atoms with Crippen molar-refractivity contribution < 1.29 is 9.59 Å². The van der Waals surface area contributed by atoms with Crippen LogP contribution in [0, 0.1) is 5.92 Å². The Morgan fingerprint density at radius 1 is 0.733 bits per heavy atom. The average Bonchev–Trinajstić information content (AvgIpc) is 3.19. The van der Waals surface area contributed by atoms with Crippen LogP contribution in [0.5, 0.6) is 0 Å². The first-order chi connectivity index (χ1) is 14.0. The van der Waals surface area contributed by atoms with Gasteiger partial charge in [-0.3, -0.25) is 9.59 Å². The van der Waals surface area contributed by atoms with Crippen molar-refractivity contribution >= 4 is 17.5 Å². The van der Waals surface area contributed by atoms with E-state index in [1.165, 1.54) is 11.1 Å². The van der Waals surface area contributed by atoms with Gasteiger partial charge in [0.15, 0.2) is 0 Å². The summed E-state index contributed by atoms with van der Waals surface area (Å²) >= 11 is 0. The molecule has 4 nitrogen and oxygen atoms in total. The van der Waals surface area contributed by atoms with Crippen LogP contribution in [-0.4, -0.2) is 11.8 Å². The van der Waals surface area contributed by atoms with Crippen LogP contribution in [0.2, 0.25) is 0 Å². The molecule has 2 aromatic carbocycles. The quantitative estimate of drug-likeness (QED) is 0.771. The Hall–Kier alpha value is -2.88. The van der Waals surface area contributed by atoms with E-state index in [4.69, 9.17) is 0 Å². The molecule has 2 aliphatic rings. The minimum absolute atomic E-state index is 0.0485. The first kappa shape index (κ1) is 20.4. The molecule has 0 aliphatic carbocycles. The van der Waals surface area contributed by atoms with Crippen molar-refractivity contribution in [1.82, 2.24) is 10.6 Å². The summed E-state index contributed by atoms with van der Waals surface area (Å²) < 4.78 is 0. The summed E-state index contributed by atoms with van der Waals surface area (Å²) in [6, 6.07) is 16.0. The summed E-state index contributed by atoms with van der Waals surface area (Å²) in [5.74, 6) is -0.795. The fraction of sp³-hybridized carbons (Fsp3) is 0.385. The Morgan fingerprint density at radius 3 is 1.73 bits per heavy atom. The van der Waals surface area contributed by atoms with Crippen LogP contribution >= 0.6 is 0 Å². The lowest BCUT2D eigenvalue weighted by atomic mass is 9.84. The minimum Gasteiger partial charge on any atom is -0.344 e. The highest BCUT2D eigenvalue weighted by molar-refractivity contribution is 6.15. The summed E-state index contributed by atoms with van der Waals surface area (Å²) in [6.45, 7) is 13.0. The van der Waals surface area contributed by atoms with Crippen molar-refractivity contribution in [3.05, 3.63) is 76.4 Å². The fourth-order valence-corrected chi connectivity index (χ4v) is 4.26. The predicted octanol–water partition coefficient (Wildman–Crippen LogP) is 4.61. The number of benzene rings is 2. The van der Waals surface area contributed by atoms with Crippen molar-refractivity contribution in [2.24, 2.45) is 5.92 Å². The fourth-order valence-electron chi connectivity index (χ4n) is 4.26. The van der Waals surface area contributed by atoms with E-state index in [9.17, 15) is 9.59 Å². The third kappa shape index (κ3) is 3.45. The molecule has 2 amide bonds. The second kappa shape index (κ2) is 6.83. The Kier molecular flexibility index (Phi) is 4.64. The molecule has 2 unspecified atom stereocenters. The molecule has 4 heteroatoms. The normalized spacial score (nSPS) is 21.5. The van der Waals surface area contributed by atoms with Crippen LogP contribution < -0.4 is 10.6 Å². The summed E-state index contributed by atoms with van der Waals surface area (Å²) in [5, 5.41) is 6.01. The molecule has 0 bridgehead atoms. The number of carbonyl (C=O) groups excluding carboxylic acids is 2. The summed E-state index contributed by atoms with van der Waals surface area (Å²) in [6.07, 6.45) is 0. The molecule has 0 aromatic heterocycles. The number of nitrogens with one attached hydrogen (secondary N) is 2. The molecule has 0 radical (unpaired) electrons. The van der Waals surface area contributed by atoms with Gasteiger partial charge in [0.05, 0.1) is 23.2 Å². The molecular weight excluding hydrogens is 372 g/mol. The molecule has 0 spiro atoms. The van der Waals surface area contributed by atoms with Gasteiger partial charge in [-0.15, -0.1) is 0 Å². The van der Waals surface area contributed by atoms with Crippen molar-refractivity contribution in [2.45, 2.75) is 58.4 Å². The van der Waals surface area contributed by atoms with Crippen LogP contribution in [0.15, 0.2) is 54.1 Å². The number of amides is 2. The van der Waals surface area contributed by atoms with Gasteiger partial charge in [-0.25, -0.2) is 0 Å². The second-order valence-electron chi connectivity index (χ2n) is 10.4. The molecular formula is C26H30N2O2. The van der Waals surface area contributed by atoms with Gasteiger partial charge < -0.3 is 10.6 Å². The predicted molar refractivity (Wildman–Crippen MR) is 120 cm³/mol. The van der Waals surface area contributed by atoms with Gasteiger partial charge >= 0.3 is 0 Å². The third-order valence-corrected chi connectivity index (χ3v) is 6.15. The Labute approximate surface area is 178 Å². The maximum absolute atomic E-state index is 12.9. The van der Waals surface area contributed by atoms with Crippen molar-refractivity contribution in [1.29, 1.82) is 0 Å². The van der Waals surface area contributed by atoms with E-state index in [0.29, 0.717) is 11.3 Å². The monoisotopic (exact) mass is 402 g/mol. The Balaban J connectivity index is 1.69. The van der Waals surface area contributed by atoms with E-state index in [0.717, 1.165) is 11.1 Å². The third-order valence-electron chi connectivity index (χ3n) is 6.15. The van der Waals surface area contributed by atoms with Gasteiger partial charge in [0.2, 0.25) is 5.91 Å². The van der Waals surface area contributed by atoms with E-state index in [-0.39, 0.29) is 28.7 Å². The molecule has 0 saturated carbocycles. The molecule has 4 rings (SSSR count). The first-order valence-corrected chi connectivity index (χ1v) is 10.5. The van der Waals surface area contributed by atoms with Crippen molar-refractivity contribution in [3.8, 4) is 0 Å². The number of fused-ring (bicyclic) bond motifs is 1. The molecule has 156 valence electrons. The van der Waals surface area contributed by atoms with Crippen LogP contribution in [0.25, 0.3) is 5.70 Å². The van der Waals surface area contributed by atoms with Crippen LogP contribution in [0.3, 0.4) is 0 Å². The van der Waals surface area contributed by atoms with Crippen LogP contribution in [0.4, 0.5) is 0 Å². The molecule has 2 heterocycles. The van der Waals surface area contributed by atoms with E-state index >= 15 is 0 Å². The highest BCUT2D eigenvalue weighted by Gasteiger charge is 2.49. The van der Waals surface area contributed by atoms with Crippen molar-refractivity contribution in [2.75, 3.05) is 0 Å². The number of carbonyl (C=O) groups is 2. The van der Waals surface area contributed by atoms with Gasteiger partial charge in [-0.1, -0.05) is 90.1 Å². The highest BCUT2D eigenvalue weighted by Crippen LogP contribution is 2.42. The zero-order chi connectivity index (χ0) is 21.8. The number of rotatable bonds is 2. The average molecular weight is 403 g/mol. The lowest BCUT2D eigenvalue weighted by Gasteiger charge is -2.21. The number of hydrogen-bond donors (Lipinski definition) is 2. The maximum Gasteiger partial charge on any atom is 0.250 e. The maximum atomic E-state index is 12.9. The molecule has 1 saturated heterocycles. The number of hydrogen-bond acceptors (Lipinski definition) is 2. The highest BCUT2D eigenvalue weighted by atomic mass is 16.2. The molecule has 30 heavy (non-hydrogen) atoms. The molecule has 2 atom stereocenters. The Morgan fingerprint density at radius 2 is 1.23 bits per heavy atom. The van der Waals surface area contributed by atoms with Gasteiger partial charge in [0.25, 0.3) is 5.91 Å². The van der Waals surface area contributed by atoms with Gasteiger partial charge in [-0.05, 0) is 33.1 Å². The lowest BCUT2D eigenvalue weighted by Crippen LogP contribution is -2.30. The van der Waals surface area contributed by atoms with E-state index in [1.54, 1.807) is 0 Å². The molecule has 2 aliphatic heterocycles. The first-order valence-electron chi connectivity index (χ1n) is 10.5. The second-order valence-corrected chi connectivity index (χ2v) is 10.4. The lowest BCUT2D eigenvalue weighted by molar-refractivity contribution is -0.122. The summed E-state index contributed by atoms with van der Waals surface area (Å²) in [7, 11) is 0. The minimum atomic E-state index is -0.504. The zero-order valence-electron chi connectivity index (χ0n) is 18.6. The van der Waals surface area contributed by atoms with E-state index in [1.807, 2.05) is 24.3 Å². The van der Waals surface area contributed by atoms with Crippen molar-refractivity contribution in [3.63, 3.8) is 0 Å². The molecule has 2 N–H and O–H groups in total. The van der Waals surface area contributed by atoms with Gasteiger partial charge in [0.1, 0.15) is 0 Å². The smallest absolute Gasteiger partial charge is 0.250 e. The van der Waals surface area contributed by atoms with Crippen LogP contribution in [-0.2, 0) is 20.4 Å². The van der Waals surface area contributed by atoms with E-state index in [2.05, 4.69) is 76.4 Å². The SMILES string of the molecule is CC(C)(C)c1ccc(C2=C3C(=O)NC(c4ccc(C(C)(C)C)cc4)C3C(=O)N2)cc1. The van der Waals surface area contributed by atoms with Crippen LogP contribution in [0.1, 0.15) is 69.8 Å². The molecule has 2 aromatic rings. The van der Waals surface area contributed by atoms with E-state index < -0.39 is 5.92 Å². The topological polar surface area (TPSA) is 58.2 Å². The summed E-state index contributed by atoms with van der Waals surface area (Å²) in [5.41, 5.74) is 5.55. The Bertz CT molecular complexity index is 1030. The molecule has 1 fully saturated rings. The van der Waals surface area contributed by atoms with Gasteiger partial charge in [0, 0.05) is 0 Å². The standard InChI is InChI=1S/C26H30N2O2/c1-25(2,3)17-11-7-15(8-12-17)21-19-20(24(30)27-21)22(28-23(19)29)16-9-13-18(14-10-16)26(4,5)6/h7-14,19,21H,1-6H3,(H,27,30)(H,28,29). The summed E-state index contributed by atoms with van der Waals surface area (Å²) in [4.78, 5) is 25.7. The zero-order valence-corrected chi connectivity index (χ0v) is 18.6. The largest absolute Gasteiger partial charge is 0.344 e. The van der Waals surface area contributed by atoms with Gasteiger partial charge in [-0.2, -0.15) is 0 Å².